The lowest BCUT2D eigenvalue weighted by Crippen LogP contribution is -2.46. The number of rotatable bonds is 7. The fourth-order valence-electron chi connectivity index (χ4n) is 4.76. The first-order valence-electron chi connectivity index (χ1n) is 12.7. The van der Waals surface area contributed by atoms with Crippen molar-refractivity contribution in [3.05, 3.63) is 70.5 Å². The Morgan fingerprint density at radius 2 is 1.46 bits per heavy atom. The number of hydrogen-bond acceptors (Lipinski definition) is 4. The third kappa shape index (κ3) is 8.18. The number of ether oxygens (including phenoxy) is 2. The monoisotopic (exact) mass is 558 g/mol. The standard InChI is InChI=1S/C28H29F7N2O2/c29-24-7-5-21(6-8-24)25-26(39-16-14-37(25)13-4-3-12-36-10-1-2-11-36)38-15-9-20-17-22(27(30,31)32)19-23(18-20)28(33,34)35/h5-8,17-19,25-26H,1-2,9-16H2/t25-,26+/m0/s1. The Morgan fingerprint density at radius 1 is 0.846 bits per heavy atom. The molecule has 2 saturated heterocycles. The highest BCUT2D eigenvalue weighted by Gasteiger charge is 2.37. The van der Waals surface area contributed by atoms with Crippen molar-refractivity contribution in [2.45, 2.75) is 43.9 Å². The van der Waals surface area contributed by atoms with Crippen molar-refractivity contribution in [1.82, 2.24) is 9.80 Å². The van der Waals surface area contributed by atoms with Gasteiger partial charge in [0.05, 0.1) is 43.5 Å². The Kier molecular flexibility index (Phi) is 9.54. The van der Waals surface area contributed by atoms with Crippen molar-refractivity contribution in [1.29, 1.82) is 0 Å². The molecule has 2 atom stereocenters. The van der Waals surface area contributed by atoms with E-state index >= 15 is 0 Å². The van der Waals surface area contributed by atoms with E-state index in [0.717, 1.165) is 25.9 Å². The minimum atomic E-state index is -4.92. The van der Waals surface area contributed by atoms with Crippen LogP contribution in [0.25, 0.3) is 0 Å². The predicted octanol–water partition coefficient (Wildman–Crippen LogP) is 5.92. The van der Waals surface area contributed by atoms with E-state index in [1.165, 1.54) is 12.1 Å². The molecule has 2 aliphatic heterocycles. The average molecular weight is 559 g/mol. The molecule has 0 bridgehead atoms. The summed E-state index contributed by atoms with van der Waals surface area (Å²) >= 11 is 0. The maximum Gasteiger partial charge on any atom is 0.416 e. The molecule has 212 valence electrons. The quantitative estimate of drug-likeness (QED) is 0.311. The van der Waals surface area contributed by atoms with E-state index in [1.54, 1.807) is 12.1 Å². The van der Waals surface area contributed by atoms with Crippen molar-refractivity contribution in [3.8, 4) is 11.8 Å². The molecule has 0 aromatic heterocycles. The van der Waals surface area contributed by atoms with Crippen LogP contribution in [0.2, 0.25) is 0 Å². The molecule has 39 heavy (non-hydrogen) atoms. The van der Waals surface area contributed by atoms with Crippen LogP contribution in [-0.4, -0.2) is 62.0 Å². The van der Waals surface area contributed by atoms with Gasteiger partial charge in [-0.15, -0.1) is 0 Å². The van der Waals surface area contributed by atoms with Crippen LogP contribution in [-0.2, 0) is 28.2 Å². The van der Waals surface area contributed by atoms with E-state index < -0.39 is 41.6 Å². The SMILES string of the molecule is Fc1ccc([C@H]2[C@H](OCCc3cc(C(F)(F)F)cc(C(F)(F)F)c3)OCCN2CC#CCN2CCCC2)cc1. The molecule has 2 fully saturated rings. The Balaban J connectivity index is 1.47. The smallest absolute Gasteiger partial charge is 0.350 e. The van der Waals surface area contributed by atoms with Crippen molar-refractivity contribution in [2.75, 3.05) is 45.9 Å². The van der Waals surface area contributed by atoms with Crippen LogP contribution >= 0.6 is 0 Å². The summed E-state index contributed by atoms with van der Waals surface area (Å²) in [5.74, 6) is 5.93. The maximum atomic E-state index is 13.6. The number of hydrogen-bond donors (Lipinski definition) is 0. The van der Waals surface area contributed by atoms with E-state index in [-0.39, 0.29) is 31.3 Å². The van der Waals surface area contributed by atoms with Crippen LogP contribution in [0.4, 0.5) is 30.7 Å². The molecule has 2 aliphatic rings. The normalized spacial score (nSPS) is 21.1. The topological polar surface area (TPSA) is 24.9 Å². The van der Waals surface area contributed by atoms with Gasteiger partial charge in [0.25, 0.3) is 0 Å². The van der Waals surface area contributed by atoms with Gasteiger partial charge in [0.15, 0.2) is 6.29 Å². The zero-order valence-electron chi connectivity index (χ0n) is 21.1. The lowest BCUT2D eigenvalue weighted by Gasteiger charge is -2.40. The van der Waals surface area contributed by atoms with Gasteiger partial charge in [-0.05, 0) is 73.8 Å². The third-order valence-corrected chi connectivity index (χ3v) is 6.75. The number of benzene rings is 2. The first-order valence-corrected chi connectivity index (χ1v) is 12.7. The molecule has 4 rings (SSSR count). The Labute approximate surface area is 222 Å². The first-order chi connectivity index (χ1) is 18.5. The molecular weight excluding hydrogens is 529 g/mol. The van der Waals surface area contributed by atoms with Crippen molar-refractivity contribution >= 4 is 0 Å². The van der Waals surface area contributed by atoms with Gasteiger partial charge in [0.2, 0.25) is 0 Å². The fourth-order valence-corrected chi connectivity index (χ4v) is 4.76. The molecule has 0 N–H and O–H groups in total. The molecule has 2 aromatic rings. The van der Waals surface area contributed by atoms with Crippen LogP contribution < -0.4 is 0 Å². The maximum absolute atomic E-state index is 13.6. The van der Waals surface area contributed by atoms with Gasteiger partial charge >= 0.3 is 12.4 Å². The summed E-state index contributed by atoms with van der Waals surface area (Å²) in [5.41, 5.74) is -2.20. The molecule has 0 unspecified atom stereocenters. The fraction of sp³-hybridized carbons (Fsp3) is 0.500. The summed E-state index contributed by atoms with van der Waals surface area (Å²) in [6.45, 7) is 3.73. The highest BCUT2D eigenvalue weighted by molar-refractivity contribution is 5.33. The second-order valence-corrected chi connectivity index (χ2v) is 9.58. The zero-order valence-corrected chi connectivity index (χ0v) is 21.1. The highest BCUT2D eigenvalue weighted by atomic mass is 19.4. The summed E-state index contributed by atoms with van der Waals surface area (Å²) < 4.78 is 105. The third-order valence-electron chi connectivity index (χ3n) is 6.75. The van der Waals surface area contributed by atoms with Crippen molar-refractivity contribution < 1.29 is 40.2 Å². The van der Waals surface area contributed by atoms with Gasteiger partial charge in [-0.2, -0.15) is 26.3 Å². The molecule has 0 saturated carbocycles. The molecule has 2 heterocycles. The van der Waals surface area contributed by atoms with E-state index in [0.29, 0.717) is 37.3 Å². The summed E-state index contributed by atoms with van der Waals surface area (Å²) in [5, 5.41) is 0. The first kappa shape index (κ1) is 29.3. The summed E-state index contributed by atoms with van der Waals surface area (Å²) in [7, 11) is 0. The van der Waals surface area contributed by atoms with Crippen LogP contribution in [0.3, 0.4) is 0 Å². The van der Waals surface area contributed by atoms with E-state index in [9.17, 15) is 30.7 Å². The van der Waals surface area contributed by atoms with E-state index in [1.807, 2.05) is 4.90 Å². The lowest BCUT2D eigenvalue weighted by atomic mass is 10.0. The molecular formula is C28H29F7N2O2. The zero-order chi connectivity index (χ0) is 28.0. The number of halogens is 7. The largest absolute Gasteiger partial charge is 0.416 e. The van der Waals surface area contributed by atoms with Gasteiger partial charge in [-0.1, -0.05) is 24.0 Å². The van der Waals surface area contributed by atoms with Crippen molar-refractivity contribution in [3.63, 3.8) is 0 Å². The Bertz CT molecular complexity index is 1120. The van der Waals surface area contributed by atoms with E-state index in [4.69, 9.17) is 9.47 Å². The highest BCUT2D eigenvalue weighted by Crippen LogP contribution is 2.37. The molecule has 0 radical (unpaired) electrons. The van der Waals surface area contributed by atoms with Crippen LogP contribution in [0.5, 0.6) is 0 Å². The van der Waals surface area contributed by atoms with Crippen LogP contribution in [0, 0.1) is 17.7 Å². The summed E-state index contributed by atoms with van der Waals surface area (Å²) in [4.78, 5) is 4.29. The van der Waals surface area contributed by atoms with Gasteiger partial charge in [-0.3, -0.25) is 9.80 Å². The minimum Gasteiger partial charge on any atom is -0.350 e. The molecule has 0 aliphatic carbocycles. The van der Waals surface area contributed by atoms with Crippen LogP contribution in [0.15, 0.2) is 42.5 Å². The minimum absolute atomic E-state index is 0.0990. The number of alkyl halides is 6. The van der Waals surface area contributed by atoms with Crippen molar-refractivity contribution in [2.24, 2.45) is 0 Å². The second-order valence-electron chi connectivity index (χ2n) is 9.58. The molecule has 11 heteroatoms. The molecule has 0 spiro atoms. The molecule has 0 amide bonds. The number of nitrogens with zero attached hydrogens (tertiary/aromatic N) is 2. The summed E-state index contributed by atoms with van der Waals surface area (Å²) in [6, 6.07) is 6.80. The number of morpholine rings is 1. The van der Waals surface area contributed by atoms with Gasteiger partial charge in [-0.25, -0.2) is 4.39 Å². The molecule has 4 nitrogen and oxygen atoms in total. The Hall–Kier alpha value is -2.65. The average Bonchev–Trinajstić information content (AvgIpc) is 3.40. The van der Waals surface area contributed by atoms with Gasteiger partial charge < -0.3 is 9.47 Å². The Morgan fingerprint density at radius 3 is 2.08 bits per heavy atom. The van der Waals surface area contributed by atoms with Gasteiger partial charge in [0, 0.05) is 6.54 Å². The number of likely N-dealkylation sites (tertiary alicyclic amines) is 1. The van der Waals surface area contributed by atoms with Crippen LogP contribution in [0.1, 0.15) is 41.1 Å². The van der Waals surface area contributed by atoms with Gasteiger partial charge in [0.1, 0.15) is 5.82 Å². The summed E-state index contributed by atoms with van der Waals surface area (Å²) in [6.07, 6.45) is -8.60. The predicted molar refractivity (Wildman–Crippen MR) is 130 cm³/mol. The van der Waals surface area contributed by atoms with E-state index in [2.05, 4.69) is 16.7 Å². The lowest BCUT2D eigenvalue weighted by molar-refractivity contribution is -0.208. The second kappa shape index (κ2) is 12.7. The molecule has 2 aromatic carbocycles.